The summed E-state index contributed by atoms with van der Waals surface area (Å²) < 4.78 is 44.2. The Bertz CT molecular complexity index is 1110. The Morgan fingerprint density at radius 1 is 1.29 bits per heavy atom. The maximum absolute atomic E-state index is 13.6. The predicted octanol–water partition coefficient (Wildman–Crippen LogP) is 2.79. The average Bonchev–Trinajstić information content (AvgIpc) is 3.12. The minimum absolute atomic E-state index is 0.00831. The van der Waals surface area contributed by atoms with Crippen LogP contribution in [0.3, 0.4) is 0 Å². The van der Waals surface area contributed by atoms with Crippen LogP contribution in [-0.2, 0) is 9.84 Å². The molecular formula is C19H21FN4O3S. The van der Waals surface area contributed by atoms with Crippen molar-refractivity contribution >= 4 is 26.7 Å². The zero-order valence-electron chi connectivity index (χ0n) is 15.6. The van der Waals surface area contributed by atoms with Crippen LogP contribution in [-0.4, -0.2) is 49.3 Å². The summed E-state index contributed by atoms with van der Waals surface area (Å²) in [6.07, 6.45) is 4.78. The lowest BCUT2D eigenvalue weighted by molar-refractivity contribution is 0.282. The van der Waals surface area contributed by atoms with E-state index in [-0.39, 0.29) is 28.4 Å². The van der Waals surface area contributed by atoms with Crippen LogP contribution < -0.4 is 9.64 Å². The molecule has 1 aromatic carbocycles. The van der Waals surface area contributed by atoms with Crippen LogP contribution in [0, 0.1) is 11.7 Å². The van der Waals surface area contributed by atoms with Gasteiger partial charge in [-0.2, -0.15) is 0 Å². The van der Waals surface area contributed by atoms with Gasteiger partial charge < -0.3 is 14.6 Å². The van der Waals surface area contributed by atoms with E-state index >= 15 is 0 Å². The fourth-order valence-corrected chi connectivity index (χ4v) is 5.58. The minimum Gasteiger partial charge on any atom is -0.495 e. The lowest BCUT2D eigenvalue weighted by Crippen LogP contribution is -2.45. The first-order valence-corrected chi connectivity index (χ1v) is 10.6. The summed E-state index contributed by atoms with van der Waals surface area (Å²) in [5, 5.41) is 0.936. The molecule has 1 fully saturated rings. The van der Waals surface area contributed by atoms with Crippen molar-refractivity contribution in [2.75, 3.05) is 24.8 Å². The van der Waals surface area contributed by atoms with Crippen molar-refractivity contribution in [3.63, 3.8) is 0 Å². The van der Waals surface area contributed by atoms with Gasteiger partial charge in [0.15, 0.2) is 9.84 Å². The van der Waals surface area contributed by atoms with Crippen molar-refractivity contribution in [3.05, 3.63) is 42.6 Å². The number of fused-ring (bicyclic) bond motifs is 1. The molecular weight excluding hydrogens is 383 g/mol. The maximum atomic E-state index is 13.6. The Kier molecular flexibility index (Phi) is 4.70. The molecule has 0 spiro atoms. The van der Waals surface area contributed by atoms with Gasteiger partial charge in [0.1, 0.15) is 34.3 Å². The first-order chi connectivity index (χ1) is 13.4. The molecule has 3 aromatic rings. The molecule has 0 radical (unpaired) electrons. The number of rotatable bonds is 6. The number of hydrogen-bond acceptors (Lipinski definition) is 6. The fraction of sp³-hybridized carbons (Fsp3) is 0.368. The number of nitrogens with zero attached hydrogens (tertiary/aromatic N) is 3. The van der Waals surface area contributed by atoms with Gasteiger partial charge in [0, 0.05) is 19.3 Å². The Morgan fingerprint density at radius 2 is 2.07 bits per heavy atom. The van der Waals surface area contributed by atoms with Crippen LogP contribution in [0.4, 0.5) is 10.2 Å². The van der Waals surface area contributed by atoms with Gasteiger partial charge in [-0.1, -0.05) is 0 Å². The van der Waals surface area contributed by atoms with Crippen LogP contribution in [0.5, 0.6) is 5.75 Å². The lowest BCUT2D eigenvalue weighted by atomic mass is 9.81. The Hall–Kier alpha value is -2.68. The van der Waals surface area contributed by atoms with Crippen LogP contribution in [0.25, 0.3) is 11.0 Å². The van der Waals surface area contributed by atoms with E-state index in [1.165, 1.54) is 25.6 Å². The summed E-state index contributed by atoms with van der Waals surface area (Å²) in [6.45, 7) is 0. The SMILES string of the molecule is COc1ccc(F)cc1S(=O)(=O)CC1CC(N(C)c2ncnc3[nH]ccc23)C1. The molecule has 0 amide bonds. The lowest BCUT2D eigenvalue weighted by Gasteiger charge is -2.41. The number of nitrogens with one attached hydrogen (secondary N) is 1. The number of halogens is 1. The molecule has 1 aliphatic carbocycles. The molecule has 2 heterocycles. The van der Waals surface area contributed by atoms with E-state index < -0.39 is 15.7 Å². The summed E-state index contributed by atoms with van der Waals surface area (Å²) in [4.78, 5) is 13.6. The van der Waals surface area contributed by atoms with Gasteiger partial charge in [-0.25, -0.2) is 22.8 Å². The first kappa shape index (κ1) is 18.7. The van der Waals surface area contributed by atoms with Gasteiger partial charge in [-0.15, -0.1) is 0 Å². The smallest absolute Gasteiger partial charge is 0.182 e. The fourth-order valence-electron chi connectivity index (χ4n) is 3.76. The van der Waals surface area contributed by atoms with Gasteiger partial charge >= 0.3 is 0 Å². The molecule has 0 unspecified atom stereocenters. The molecule has 148 valence electrons. The van der Waals surface area contributed by atoms with Gasteiger partial charge in [0.25, 0.3) is 0 Å². The highest BCUT2D eigenvalue weighted by Gasteiger charge is 2.37. The van der Waals surface area contributed by atoms with Gasteiger partial charge in [0.05, 0.1) is 18.2 Å². The Labute approximate surface area is 162 Å². The van der Waals surface area contributed by atoms with E-state index in [0.717, 1.165) is 35.8 Å². The number of H-pyrrole nitrogens is 1. The van der Waals surface area contributed by atoms with Gasteiger partial charge in [-0.3, -0.25) is 0 Å². The number of ether oxygens (including phenoxy) is 1. The molecule has 2 aromatic heterocycles. The maximum Gasteiger partial charge on any atom is 0.182 e. The summed E-state index contributed by atoms with van der Waals surface area (Å²) in [5.41, 5.74) is 0.772. The number of aromatic amines is 1. The van der Waals surface area contributed by atoms with E-state index in [2.05, 4.69) is 19.9 Å². The Balaban J connectivity index is 1.46. The number of sulfone groups is 1. The molecule has 1 N–H and O–H groups in total. The van der Waals surface area contributed by atoms with Crippen LogP contribution >= 0.6 is 0 Å². The third kappa shape index (κ3) is 3.30. The van der Waals surface area contributed by atoms with Crippen LogP contribution in [0.2, 0.25) is 0 Å². The molecule has 4 rings (SSSR count). The van der Waals surface area contributed by atoms with Crippen molar-refractivity contribution in [3.8, 4) is 5.75 Å². The summed E-state index contributed by atoms with van der Waals surface area (Å²) in [6, 6.07) is 5.69. The van der Waals surface area contributed by atoms with E-state index in [9.17, 15) is 12.8 Å². The third-order valence-electron chi connectivity index (χ3n) is 5.34. The number of aromatic nitrogens is 3. The molecule has 1 aliphatic rings. The third-order valence-corrected chi connectivity index (χ3v) is 7.24. The largest absolute Gasteiger partial charge is 0.495 e. The second kappa shape index (κ2) is 7.05. The zero-order valence-corrected chi connectivity index (χ0v) is 16.4. The van der Waals surface area contributed by atoms with E-state index in [1.807, 2.05) is 19.3 Å². The Morgan fingerprint density at radius 3 is 2.82 bits per heavy atom. The molecule has 0 aliphatic heterocycles. The van der Waals surface area contributed by atoms with E-state index in [1.54, 1.807) is 0 Å². The monoisotopic (exact) mass is 404 g/mol. The average molecular weight is 404 g/mol. The highest BCUT2D eigenvalue weighted by Crippen LogP contribution is 2.37. The van der Waals surface area contributed by atoms with Crippen LogP contribution in [0.15, 0.2) is 41.7 Å². The van der Waals surface area contributed by atoms with Crippen molar-refractivity contribution in [2.45, 2.75) is 23.8 Å². The minimum atomic E-state index is -3.64. The zero-order chi connectivity index (χ0) is 19.9. The number of benzene rings is 1. The first-order valence-electron chi connectivity index (χ1n) is 8.96. The van der Waals surface area contributed by atoms with E-state index in [0.29, 0.717) is 0 Å². The predicted molar refractivity (Wildman–Crippen MR) is 104 cm³/mol. The standard InChI is InChI=1S/C19H21FN4O3S/c1-24(19-15-5-6-21-18(15)22-11-23-19)14-7-12(8-14)10-28(25,26)17-9-13(20)3-4-16(17)27-2/h3-6,9,11-12,14H,7-8,10H2,1-2H3,(H,21,22,23). The van der Waals surface area contributed by atoms with Crippen molar-refractivity contribution in [2.24, 2.45) is 5.92 Å². The van der Waals surface area contributed by atoms with Crippen molar-refractivity contribution in [1.29, 1.82) is 0 Å². The van der Waals surface area contributed by atoms with E-state index in [4.69, 9.17) is 4.74 Å². The van der Waals surface area contributed by atoms with Gasteiger partial charge in [0.2, 0.25) is 0 Å². The number of anilines is 1. The van der Waals surface area contributed by atoms with Crippen LogP contribution in [0.1, 0.15) is 12.8 Å². The highest BCUT2D eigenvalue weighted by molar-refractivity contribution is 7.91. The van der Waals surface area contributed by atoms with Crippen molar-refractivity contribution < 1.29 is 17.5 Å². The topological polar surface area (TPSA) is 88.2 Å². The number of hydrogen-bond donors (Lipinski definition) is 1. The molecule has 0 bridgehead atoms. The quantitative estimate of drug-likeness (QED) is 0.680. The molecule has 28 heavy (non-hydrogen) atoms. The second-order valence-electron chi connectivity index (χ2n) is 7.12. The molecule has 0 atom stereocenters. The summed E-state index contributed by atoms with van der Waals surface area (Å²) in [7, 11) is -0.302. The normalized spacial score (nSPS) is 19.4. The molecule has 0 saturated heterocycles. The summed E-state index contributed by atoms with van der Waals surface area (Å²) in [5.74, 6) is 0.383. The highest BCUT2D eigenvalue weighted by atomic mass is 32.2. The van der Waals surface area contributed by atoms with Crippen molar-refractivity contribution in [1.82, 2.24) is 15.0 Å². The molecule has 1 saturated carbocycles. The number of methoxy groups -OCH3 is 1. The second-order valence-corrected chi connectivity index (χ2v) is 9.12. The molecule has 9 heteroatoms. The molecule has 7 nitrogen and oxygen atoms in total. The van der Waals surface area contributed by atoms with Gasteiger partial charge in [-0.05, 0) is 43.0 Å². The summed E-state index contributed by atoms with van der Waals surface area (Å²) >= 11 is 0.